The summed E-state index contributed by atoms with van der Waals surface area (Å²) in [6.45, 7) is 3.74. The largest absolute Gasteiger partial charge is 0.459 e. The van der Waals surface area contributed by atoms with Crippen LogP contribution in [0.2, 0.25) is 0 Å². The highest BCUT2D eigenvalue weighted by Crippen LogP contribution is 2.30. The standard InChI is InChI=1S/C21H23NO5/c1-3-5-11-17(19(24)26-15-16-9-7-6-8-10-16)22-20(25)21(13-4-2)14-12-18(23)27-21/h2-3,6-10,17H,1,5,11-15H2,(H,22,25)/t17-,21?/m0/s1. The number of carbonyl (C=O) groups excluding carboxylic acids is 3. The third-order valence-electron chi connectivity index (χ3n) is 4.32. The Morgan fingerprint density at radius 1 is 1.41 bits per heavy atom. The second kappa shape index (κ2) is 9.58. The van der Waals surface area contributed by atoms with Crippen molar-refractivity contribution in [3.8, 4) is 12.3 Å². The highest BCUT2D eigenvalue weighted by atomic mass is 16.6. The average molecular weight is 369 g/mol. The molecule has 1 aliphatic rings. The molecule has 0 aromatic heterocycles. The molecule has 0 aliphatic carbocycles. The number of benzene rings is 1. The minimum absolute atomic E-state index is 0.0438. The van der Waals surface area contributed by atoms with Gasteiger partial charge in [0.25, 0.3) is 5.91 Å². The van der Waals surface area contributed by atoms with Gasteiger partial charge >= 0.3 is 11.9 Å². The number of hydrogen-bond donors (Lipinski definition) is 1. The Kier molecular flexibility index (Phi) is 7.18. The van der Waals surface area contributed by atoms with Gasteiger partial charge in [0.15, 0.2) is 0 Å². The summed E-state index contributed by atoms with van der Waals surface area (Å²) in [5.41, 5.74) is -0.578. The fourth-order valence-electron chi connectivity index (χ4n) is 2.81. The maximum atomic E-state index is 12.7. The van der Waals surface area contributed by atoms with Crippen molar-refractivity contribution in [3.63, 3.8) is 0 Å². The highest BCUT2D eigenvalue weighted by Gasteiger charge is 2.47. The molecule has 1 heterocycles. The van der Waals surface area contributed by atoms with Gasteiger partial charge in [-0.1, -0.05) is 36.4 Å². The zero-order chi connectivity index (χ0) is 19.7. The SMILES string of the molecule is C#CCC1(C(=O)N[C@@H](CCC=C)C(=O)OCc2ccccc2)CCC(=O)O1. The van der Waals surface area contributed by atoms with Crippen LogP contribution in [0.4, 0.5) is 0 Å². The van der Waals surface area contributed by atoms with Gasteiger partial charge in [-0.05, 0) is 18.4 Å². The Balaban J connectivity index is 2.04. The van der Waals surface area contributed by atoms with Gasteiger partial charge in [-0.2, -0.15) is 0 Å². The molecule has 1 amide bonds. The topological polar surface area (TPSA) is 81.7 Å². The van der Waals surface area contributed by atoms with Gasteiger partial charge in [-0.3, -0.25) is 9.59 Å². The van der Waals surface area contributed by atoms with Crippen molar-refractivity contribution in [2.45, 2.75) is 50.4 Å². The van der Waals surface area contributed by atoms with Crippen molar-refractivity contribution in [3.05, 3.63) is 48.6 Å². The van der Waals surface area contributed by atoms with Crippen molar-refractivity contribution >= 4 is 17.8 Å². The monoisotopic (exact) mass is 369 g/mol. The first kappa shape index (κ1) is 20.2. The second-order valence-electron chi connectivity index (χ2n) is 6.33. The van der Waals surface area contributed by atoms with Crippen LogP contribution in [0.15, 0.2) is 43.0 Å². The first-order valence-electron chi connectivity index (χ1n) is 8.78. The lowest BCUT2D eigenvalue weighted by Crippen LogP contribution is -2.52. The van der Waals surface area contributed by atoms with E-state index in [4.69, 9.17) is 15.9 Å². The third kappa shape index (κ3) is 5.45. The number of esters is 2. The van der Waals surface area contributed by atoms with Crippen LogP contribution < -0.4 is 5.32 Å². The molecule has 1 aromatic carbocycles. The molecule has 1 aromatic rings. The summed E-state index contributed by atoms with van der Waals surface area (Å²) in [4.78, 5) is 36.7. The molecule has 2 rings (SSSR count). The van der Waals surface area contributed by atoms with Crippen LogP contribution in [0.25, 0.3) is 0 Å². The lowest BCUT2D eigenvalue weighted by molar-refractivity contribution is -0.160. The Morgan fingerprint density at radius 3 is 2.74 bits per heavy atom. The van der Waals surface area contributed by atoms with Crippen molar-refractivity contribution in [1.29, 1.82) is 0 Å². The lowest BCUT2D eigenvalue weighted by Gasteiger charge is -2.27. The first-order chi connectivity index (χ1) is 13.0. The maximum absolute atomic E-state index is 12.7. The maximum Gasteiger partial charge on any atom is 0.328 e. The number of nitrogens with one attached hydrogen (secondary N) is 1. The zero-order valence-corrected chi connectivity index (χ0v) is 15.1. The van der Waals surface area contributed by atoms with E-state index in [1.165, 1.54) is 0 Å². The smallest absolute Gasteiger partial charge is 0.328 e. The molecule has 1 unspecified atom stereocenters. The van der Waals surface area contributed by atoms with E-state index in [2.05, 4.69) is 17.8 Å². The number of cyclic esters (lactones) is 1. The van der Waals surface area contributed by atoms with E-state index in [1.54, 1.807) is 6.08 Å². The average Bonchev–Trinajstić information content (AvgIpc) is 3.06. The van der Waals surface area contributed by atoms with Gasteiger partial charge in [-0.15, -0.1) is 18.9 Å². The van der Waals surface area contributed by atoms with E-state index in [1.807, 2.05) is 30.3 Å². The van der Waals surface area contributed by atoms with Crippen molar-refractivity contribution < 1.29 is 23.9 Å². The van der Waals surface area contributed by atoms with Crippen LogP contribution in [0.1, 0.15) is 37.7 Å². The number of terminal acetylenes is 1. The van der Waals surface area contributed by atoms with Gasteiger partial charge in [0.05, 0.1) is 6.42 Å². The predicted octanol–water partition coefficient (Wildman–Crippen LogP) is 2.28. The number of hydrogen-bond acceptors (Lipinski definition) is 5. The van der Waals surface area contributed by atoms with Gasteiger partial charge in [0, 0.05) is 12.8 Å². The predicted molar refractivity (Wildman–Crippen MR) is 99.1 cm³/mol. The lowest BCUT2D eigenvalue weighted by atomic mass is 9.94. The van der Waals surface area contributed by atoms with Gasteiger partial charge in [-0.25, -0.2) is 4.79 Å². The van der Waals surface area contributed by atoms with Gasteiger partial charge in [0.2, 0.25) is 5.60 Å². The Hall–Kier alpha value is -3.07. The summed E-state index contributed by atoms with van der Waals surface area (Å²) in [5.74, 6) is 0.764. The van der Waals surface area contributed by atoms with Gasteiger partial charge < -0.3 is 14.8 Å². The van der Waals surface area contributed by atoms with Crippen LogP contribution in [0, 0.1) is 12.3 Å². The number of amides is 1. The molecule has 0 saturated carbocycles. The van der Waals surface area contributed by atoms with E-state index in [0.29, 0.717) is 12.8 Å². The molecule has 6 heteroatoms. The third-order valence-corrected chi connectivity index (χ3v) is 4.32. The number of carbonyl (C=O) groups is 3. The van der Waals surface area contributed by atoms with Crippen LogP contribution in [-0.4, -0.2) is 29.5 Å². The van der Waals surface area contributed by atoms with E-state index >= 15 is 0 Å². The molecule has 2 atom stereocenters. The quantitative estimate of drug-likeness (QED) is 0.410. The Labute approximate surface area is 158 Å². The molecule has 0 radical (unpaired) electrons. The number of allylic oxidation sites excluding steroid dienone is 1. The Morgan fingerprint density at radius 2 is 2.15 bits per heavy atom. The van der Waals surface area contributed by atoms with Crippen LogP contribution in [0.3, 0.4) is 0 Å². The highest BCUT2D eigenvalue weighted by molar-refractivity contribution is 5.93. The van der Waals surface area contributed by atoms with Gasteiger partial charge in [0.1, 0.15) is 12.6 Å². The zero-order valence-electron chi connectivity index (χ0n) is 15.1. The number of rotatable bonds is 9. The summed E-state index contributed by atoms with van der Waals surface area (Å²) >= 11 is 0. The summed E-state index contributed by atoms with van der Waals surface area (Å²) in [5, 5.41) is 2.64. The molecular weight excluding hydrogens is 346 g/mol. The fraction of sp³-hybridized carbons (Fsp3) is 0.381. The van der Waals surface area contributed by atoms with E-state index < -0.39 is 29.5 Å². The molecule has 1 fully saturated rings. The van der Waals surface area contributed by atoms with Crippen LogP contribution in [-0.2, 0) is 30.5 Å². The van der Waals surface area contributed by atoms with Crippen molar-refractivity contribution in [1.82, 2.24) is 5.32 Å². The van der Waals surface area contributed by atoms with Crippen LogP contribution in [0.5, 0.6) is 0 Å². The summed E-state index contributed by atoms with van der Waals surface area (Å²) in [7, 11) is 0. The minimum atomic E-state index is -1.42. The van der Waals surface area contributed by atoms with Crippen molar-refractivity contribution in [2.24, 2.45) is 0 Å². The van der Waals surface area contributed by atoms with E-state index in [0.717, 1.165) is 5.56 Å². The molecular formula is C21H23NO5. The molecule has 142 valence electrons. The minimum Gasteiger partial charge on any atom is -0.459 e. The molecule has 1 N–H and O–H groups in total. The molecule has 1 saturated heterocycles. The summed E-state index contributed by atoms with van der Waals surface area (Å²) in [6.07, 6.45) is 8.07. The Bertz CT molecular complexity index is 737. The van der Waals surface area contributed by atoms with E-state index in [-0.39, 0.29) is 25.9 Å². The van der Waals surface area contributed by atoms with E-state index in [9.17, 15) is 14.4 Å². The molecule has 27 heavy (non-hydrogen) atoms. The molecule has 6 nitrogen and oxygen atoms in total. The summed E-state index contributed by atoms with van der Waals surface area (Å²) in [6, 6.07) is 8.35. The number of ether oxygens (including phenoxy) is 2. The van der Waals surface area contributed by atoms with Crippen LogP contribution >= 0.6 is 0 Å². The molecule has 0 bridgehead atoms. The fourth-order valence-corrected chi connectivity index (χ4v) is 2.81. The normalized spacial score (nSPS) is 19.4. The molecule has 0 spiro atoms. The first-order valence-corrected chi connectivity index (χ1v) is 8.78. The summed E-state index contributed by atoms with van der Waals surface area (Å²) < 4.78 is 10.5. The molecule has 1 aliphatic heterocycles. The second-order valence-corrected chi connectivity index (χ2v) is 6.33. The van der Waals surface area contributed by atoms with Crippen molar-refractivity contribution in [2.75, 3.05) is 0 Å².